The molecule has 0 saturated heterocycles. The monoisotopic (exact) mass is 484 g/mol. The second kappa shape index (κ2) is 9.60. The van der Waals surface area contributed by atoms with E-state index in [1.54, 1.807) is 25.1 Å². The molecular weight excluding hydrogens is 464 g/mol. The van der Waals surface area contributed by atoms with E-state index in [2.05, 4.69) is 15.6 Å². The van der Waals surface area contributed by atoms with Gasteiger partial charge < -0.3 is 14.9 Å². The van der Waals surface area contributed by atoms with Crippen LogP contribution in [0.3, 0.4) is 0 Å². The fourth-order valence-electron chi connectivity index (χ4n) is 3.35. The zero-order chi connectivity index (χ0) is 23.5. The van der Waals surface area contributed by atoms with E-state index in [-0.39, 0.29) is 13.2 Å². The number of carbonyl (C=O) groups is 2. The summed E-state index contributed by atoms with van der Waals surface area (Å²) in [6.07, 6.45) is 0. The first-order valence-electron chi connectivity index (χ1n) is 10.2. The third-order valence-electron chi connectivity index (χ3n) is 4.85. The number of nitrogens with one attached hydrogen (secondary N) is 1. The van der Waals surface area contributed by atoms with Crippen molar-refractivity contribution in [2.24, 2.45) is 0 Å². The molecule has 2 aromatic carbocycles. The van der Waals surface area contributed by atoms with Crippen molar-refractivity contribution in [1.82, 2.24) is 15.2 Å². The van der Waals surface area contributed by atoms with Crippen LogP contribution in [0.1, 0.15) is 27.7 Å². The standard InChI is InChI=1S/C23H21ClN4O4S/c1-4-31-23(30)21-20(15-7-5-13(2)6-8-15)14(3)33-22(21)25-19(29)12-32-28-18-11-16(24)9-10-17(18)26-27-28/h5-11H,4,12H2,1-3H3,(H,25,29). The fourth-order valence-corrected chi connectivity index (χ4v) is 4.59. The van der Waals surface area contributed by atoms with Gasteiger partial charge in [-0.25, -0.2) is 4.79 Å². The number of anilines is 1. The molecule has 1 N–H and O–H groups in total. The van der Waals surface area contributed by atoms with E-state index >= 15 is 0 Å². The van der Waals surface area contributed by atoms with Crippen LogP contribution in [0.2, 0.25) is 5.02 Å². The van der Waals surface area contributed by atoms with Crippen LogP contribution >= 0.6 is 22.9 Å². The summed E-state index contributed by atoms with van der Waals surface area (Å²) in [6, 6.07) is 12.9. The lowest BCUT2D eigenvalue weighted by Crippen LogP contribution is -2.26. The van der Waals surface area contributed by atoms with Gasteiger partial charge in [0, 0.05) is 15.5 Å². The highest BCUT2D eigenvalue weighted by molar-refractivity contribution is 7.17. The summed E-state index contributed by atoms with van der Waals surface area (Å²) in [5, 5.41) is 11.5. The highest BCUT2D eigenvalue weighted by atomic mass is 35.5. The number of thiophene rings is 1. The van der Waals surface area contributed by atoms with Crippen LogP contribution in [-0.2, 0) is 9.53 Å². The first kappa shape index (κ1) is 22.8. The minimum absolute atomic E-state index is 0.222. The molecule has 0 unspecified atom stereocenters. The third kappa shape index (κ3) is 4.84. The van der Waals surface area contributed by atoms with E-state index in [1.807, 2.05) is 38.1 Å². The van der Waals surface area contributed by atoms with Crippen molar-refractivity contribution in [3.63, 3.8) is 0 Å². The van der Waals surface area contributed by atoms with Gasteiger partial charge in [0.1, 0.15) is 21.6 Å². The van der Waals surface area contributed by atoms with Gasteiger partial charge in [-0.3, -0.25) is 4.79 Å². The average molecular weight is 485 g/mol. The van der Waals surface area contributed by atoms with Crippen LogP contribution in [0.25, 0.3) is 22.2 Å². The SMILES string of the molecule is CCOC(=O)c1c(NC(=O)COn2nnc3ccc(Cl)cc32)sc(C)c1-c1ccc(C)cc1. The molecular formula is C23H21ClN4O4S. The van der Waals surface area contributed by atoms with Gasteiger partial charge in [-0.05, 0) is 49.7 Å². The summed E-state index contributed by atoms with van der Waals surface area (Å²) in [6.45, 7) is 5.52. The highest BCUT2D eigenvalue weighted by Crippen LogP contribution is 2.40. The Bertz CT molecular complexity index is 1330. The molecule has 0 aliphatic carbocycles. The summed E-state index contributed by atoms with van der Waals surface area (Å²) in [5.74, 6) is -0.950. The maximum Gasteiger partial charge on any atom is 0.341 e. The minimum Gasteiger partial charge on any atom is -0.462 e. The molecule has 2 heterocycles. The van der Waals surface area contributed by atoms with Crippen molar-refractivity contribution in [3.8, 4) is 11.1 Å². The van der Waals surface area contributed by atoms with Gasteiger partial charge in [-0.15, -0.1) is 16.4 Å². The van der Waals surface area contributed by atoms with Crippen molar-refractivity contribution in [1.29, 1.82) is 0 Å². The van der Waals surface area contributed by atoms with E-state index in [9.17, 15) is 9.59 Å². The molecule has 0 atom stereocenters. The maximum absolute atomic E-state index is 12.8. The molecule has 0 spiro atoms. The fraction of sp³-hybridized carbons (Fsp3) is 0.217. The van der Waals surface area contributed by atoms with E-state index < -0.39 is 11.9 Å². The second-order valence-corrected chi connectivity index (χ2v) is 8.90. The van der Waals surface area contributed by atoms with Crippen molar-refractivity contribution < 1.29 is 19.2 Å². The molecule has 0 bridgehead atoms. The molecule has 1 amide bonds. The van der Waals surface area contributed by atoms with Gasteiger partial charge in [-0.2, -0.15) is 0 Å². The van der Waals surface area contributed by atoms with Crippen molar-refractivity contribution in [3.05, 3.63) is 63.5 Å². The van der Waals surface area contributed by atoms with Crippen LogP contribution in [0.4, 0.5) is 5.00 Å². The average Bonchev–Trinajstić information content (AvgIpc) is 3.33. The Labute approximate surface area is 199 Å². The minimum atomic E-state index is -0.495. The quantitative estimate of drug-likeness (QED) is 0.383. The predicted octanol–water partition coefficient (Wildman–Crippen LogP) is 4.67. The number of amides is 1. The van der Waals surface area contributed by atoms with Gasteiger partial charge in [-0.1, -0.05) is 46.3 Å². The molecule has 170 valence electrons. The number of fused-ring (bicyclic) bond motifs is 1. The van der Waals surface area contributed by atoms with E-state index in [4.69, 9.17) is 21.2 Å². The van der Waals surface area contributed by atoms with Gasteiger partial charge >= 0.3 is 5.97 Å². The van der Waals surface area contributed by atoms with Crippen LogP contribution in [0.5, 0.6) is 0 Å². The molecule has 0 fully saturated rings. The summed E-state index contributed by atoms with van der Waals surface area (Å²) >= 11 is 7.33. The second-order valence-electron chi connectivity index (χ2n) is 7.24. The summed E-state index contributed by atoms with van der Waals surface area (Å²) < 4.78 is 5.28. The lowest BCUT2D eigenvalue weighted by atomic mass is 10.0. The number of halogens is 1. The van der Waals surface area contributed by atoms with Gasteiger partial charge in [0.05, 0.1) is 6.61 Å². The van der Waals surface area contributed by atoms with Crippen LogP contribution < -0.4 is 10.2 Å². The van der Waals surface area contributed by atoms with E-state index in [1.165, 1.54) is 11.3 Å². The Morgan fingerprint density at radius 3 is 2.64 bits per heavy atom. The number of benzene rings is 2. The number of hydrogen-bond donors (Lipinski definition) is 1. The topological polar surface area (TPSA) is 95.3 Å². The molecule has 4 rings (SSSR count). The molecule has 2 aromatic heterocycles. The Hall–Kier alpha value is -3.43. The lowest BCUT2D eigenvalue weighted by molar-refractivity contribution is -0.121. The Morgan fingerprint density at radius 1 is 1.15 bits per heavy atom. The third-order valence-corrected chi connectivity index (χ3v) is 6.11. The molecule has 0 aliphatic heterocycles. The number of hydrogen-bond acceptors (Lipinski definition) is 7. The molecule has 0 aliphatic rings. The first-order valence-corrected chi connectivity index (χ1v) is 11.4. The predicted molar refractivity (Wildman–Crippen MR) is 128 cm³/mol. The van der Waals surface area contributed by atoms with Crippen molar-refractivity contribution in [2.75, 3.05) is 18.5 Å². The Kier molecular flexibility index (Phi) is 6.62. The summed E-state index contributed by atoms with van der Waals surface area (Å²) in [4.78, 5) is 33.0. The molecule has 4 aromatic rings. The number of ether oxygens (including phenoxy) is 1. The summed E-state index contributed by atoms with van der Waals surface area (Å²) in [7, 11) is 0. The largest absolute Gasteiger partial charge is 0.462 e. The van der Waals surface area contributed by atoms with Crippen LogP contribution in [-0.4, -0.2) is 40.2 Å². The number of carbonyl (C=O) groups excluding carboxylic acids is 2. The summed E-state index contributed by atoms with van der Waals surface area (Å²) in [5.41, 5.74) is 4.18. The molecule has 10 heteroatoms. The van der Waals surface area contributed by atoms with Gasteiger partial charge in [0.15, 0.2) is 6.61 Å². The van der Waals surface area contributed by atoms with E-state index in [0.29, 0.717) is 26.6 Å². The number of nitrogens with zero attached hydrogens (tertiary/aromatic N) is 3. The highest BCUT2D eigenvalue weighted by Gasteiger charge is 2.25. The molecule has 0 radical (unpaired) electrons. The smallest absolute Gasteiger partial charge is 0.341 e. The molecule has 33 heavy (non-hydrogen) atoms. The molecule has 0 saturated carbocycles. The van der Waals surface area contributed by atoms with Crippen molar-refractivity contribution in [2.45, 2.75) is 20.8 Å². The van der Waals surface area contributed by atoms with Crippen LogP contribution in [0.15, 0.2) is 42.5 Å². The number of aromatic nitrogens is 3. The maximum atomic E-state index is 12.8. The molecule has 8 nitrogen and oxygen atoms in total. The normalized spacial score (nSPS) is 10.9. The van der Waals surface area contributed by atoms with Crippen molar-refractivity contribution >= 4 is 50.8 Å². The van der Waals surface area contributed by atoms with Gasteiger partial charge in [0.2, 0.25) is 0 Å². The Morgan fingerprint density at radius 2 is 1.91 bits per heavy atom. The first-order chi connectivity index (χ1) is 15.9. The number of aryl methyl sites for hydroxylation is 2. The zero-order valence-corrected chi connectivity index (χ0v) is 19.8. The van der Waals surface area contributed by atoms with Gasteiger partial charge in [0.25, 0.3) is 5.91 Å². The number of rotatable bonds is 7. The zero-order valence-electron chi connectivity index (χ0n) is 18.2. The van der Waals surface area contributed by atoms with E-state index in [0.717, 1.165) is 26.4 Å². The number of esters is 1. The van der Waals surface area contributed by atoms with Crippen LogP contribution in [0, 0.1) is 13.8 Å². The Balaban J connectivity index is 1.58. The lowest BCUT2D eigenvalue weighted by Gasteiger charge is -2.10.